The minimum atomic E-state index is -0.937. The molecule has 2 atom stereocenters. The van der Waals surface area contributed by atoms with Gasteiger partial charge in [-0.15, -0.1) is 0 Å². The molecule has 2 rings (SSSR count). The zero-order chi connectivity index (χ0) is 12.5. The lowest BCUT2D eigenvalue weighted by atomic mass is 9.91. The first kappa shape index (κ1) is 12.0. The summed E-state index contributed by atoms with van der Waals surface area (Å²) in [5.41, 5.74) is -0.137. The zero-order valence-corrected chi connectivity index (χ0v) is 10.3. The third-order valence-electron chi connectivity index (χ3n) is 3.72. The van der Waals surface area contributed by atoms with Crippen LogP contribution in [0.15, 0.2) is 24.5 Å². The number of hydrogen-bond acceptors (Lipinski definition) is 3. The van der Waals surface area contributed by atoms with Crippen LogP contribution in [0.4, 0.5) is 0 Å². The van der Waals surface area contributed by atoms with Crippen molar-refractivity contribution >= 4 is 5.97 Å². The monoisotopic (exact) mass is 234 g/mol. The highest BCUT2D eigenvalue weighted by Crippen LogP contribution is 2.33. The lowest BCUT2D eigenvalue weighted by Crippen LogP contribution is -2.48. The Morgan fingerprint density at radius 2 is 2.18 bits per heavy atom. The molecule has 2 unspecified atom stereocenters. The maximum atomic E-state index is 11.7. The van der Waals surface area contributed by atoms with E-state index in [1.807, 2.05) is 0 Å². The molecule has 0 spiro atoms. The van der Waals surface area contributed by atoms with Gasteiger partial charge in [-0.1, -0.05) is 6.92 Å². The Kier molecular flexibility index (Phi) is 3.15. The summed E-state index contributed by atoms with van der Waals surface area (Å²) < 4.78 is 0. The maximum Gasteiger partial charge on any atom is 0.328 e. The van der Waals surface area contributed by atoms with Crippen molar-refractivity contribution in [2.45, 2.75) is 25.8 Å². The first-order valence-corrected chi connectivity index (χ1v) is 5.94. The number of carboxylic acid groups (broad SMARTS) is 1. The quantitative estimate of drug-likeness (QED) is 0.865. The van der Waals surface area contributed by atoms with E-state index in [9.17, 15) is 9.90 Å². The van der Waals surface area contributed by atoms with Gasteiger partial charge in [0.1, 0.15) is 5.54 Å². The van der Waals surface area contributed by atoms with Gasteiger partial charge in [0.05, 0.1) is 0 Å². The van der Waals surface area contributed by atoms with Crippen molar-refractivity contribution in [1.82, 2.24) is 9.88 Å². The fraction of sp³-hybridized carbons (Fsp3) is 0.538. The van der Waals surface area contributed by atoms with Crippen LogP contribution in [0, 0.1) is 5.92 Å². The second kappa shape index (κ2) is 4.45. The van der Waals surface area contributed by atoms with Gasteiger partial charge in [0.15, 0.2) is 0 Å². The number of carboxylic acids is 1. The van der Waals surface area contributed by atoms with Gasteiger partial charge in [0.2, 0.25) is 0 Å². The van der Waals surface area contributed by atoms with Gasteiger partial charge in [-0.25, -0.2) is 4.79 Å². The fourth-order valence-corrected chi connectivity index (χ4v) is 2.46. The molecule has 4 heteroatoms. The lowest BCUT2D eigenvalue weighted by Gasteiger charge is -2.35. The molecule has 92 valence electrons. The lowest BCUT2D eigenvalue weighted by molar-refractivity contribution is -0.150. The van der Waals surface area contributed by atoms with Crippen LogP contribution in [-0.4, -0.2) is 34.0 Å². The average Bonchev–Trinajstić information content (AvgIpc) is 2.76. The average molecular weight is 234 g/mol. The van der Waals surface area contributed by atoms with E-state index >= 15 is 0 Å². The largest absolute Gasteiger partial charge is 0.480 e. The zero-order valence-electron chi connectivity index (χ0n) is 10.3. The summed E-state index contributed by atoms with van der Waals surface area (Å²) in [6, 6.07) is 3.58. The maximum absolute atomic E-state index is 11.7. The highest BCUT2D eigenvalue weighted by Gasteiger charge is 2.43. The molecule has 2 heterocycles. The Bertz CT molecular complexity index is 407. The standard InChI is InChI=1S/C13H18N2O2/c1-10-5-8-15(9-10)13(2,12(16)17)11-3-6-14-7-4-11/h3-4,6-7,10H,5,8-9H2,1-2H3,(H,16,17). The van der Waals surface area contributed by atoms with Gasteiger partial charge < -0.3 is 5.11 Å². The second-order valence-corrected chi connectivity index (χ2v) is 4.95. The fourth-order valence-electron chi connectivity index (χ4n) is 2.46. The van der Waals surface area contributed by atoms with Crippen LogP contribution in [0.1, 0.15) is 25.8 Å². The van der Waals surface area contributed by atoms with Crippen LogP contribution >= 0.6 is 0 Å². The summed E-state index contributed by atoms with van der Waals surface area (Å²) in [4.78, 5) is 17.7. The molecule has 1 N–H and O–H groups in total. The number of aliphatic carboxylic acids is 1. The first-order chi connectivity index (χ1) is 8.05. The number of aromatic nitrogens is 1. The summed E-state index contributed by atoms with van der Waals surface area (Å²) in [7, 11) is 0. The van der Waals surface area contributed by atoms with E-state index in [4.69, 9.17) is 0 Å². The van der Waals surface area contributed by atoms with E-state index in [0.29, 0.717) is 5.92 Å². The number of likely N-dealkylation sites (tertiary alicyclic amines) is 1. The minimum Gasteiger partial charge on any atom is -0.480 e. The molecular formula is C13H18N2O2. The minimum absolute atomic E-state index is 0.565. The van der Waals surface area contributed by atoms with E-state index in [0.717, 1.165) is 25.1 Å². The molecule has 17 heavy (non-hydrogen) atoms. The van der Waals surface area contributed by atoms with Crippen LogP contribution in [0.25, 0.3) is 0 Å². The molecule has 1 fully saturated rings. The third-order valence-corrected chi connectivity index (χ3v) is 3.72. The molecule has 1 aromatic rings. The van der Waals surface area contributed by atoms with Gasteiger partial charge in [-0.05, 0) is 43.5 Å². The molecule has 1 aromatic heterocycles. The third kappa shape index (κ3) is 2.05. The summed E-state index contributed by atoms with van der Waals surface area (Å²) in [5, 5.41) is 9.57. The topological polar surface area (TPSA) is 53.4 Å². The summed E-state index contributed by atoms with van der Waals surface area (Å²) in [6.07, 6.45) is 4.36. The van der Waals surface area contributed by atoms with Crippen molar-refractivity contribution < 1.29 is 9.90 Å². The number of hydrogen-bond donors (Lipinski definition) is 1. The van der Waals surface area contributed by atoms with Crippen molar-refractivity contribution in [2.75, 3.05) is 13.1 Å². The number of rotatable bonds is 3. The van der Waals surface area contributed by atoms with Crippen LogP contribution in [-0.2, 0) is 10.3 Å². The molecular weight excluding hydrogens is 216 g/mol. The summed E-state index contributed by atoms with van der Waals surface area (Å²) in [5.74, 6) is -0.228. The molecule has 0 bridgehead atoms. The smallest absolute Gasteiger partial charge is 0.328 e. The molecule has 1 aliphatic rings. The van der Waals surface area contributed by atoms with Crippen molar-refractivity contribution in [3.05, 3.63) is 30.1 Å². The Morgan fingerprint density at radius 1 is 1.53 bits per heavy atom. The first-order valence-electron chi connectivity index (χ1n) is 5.94. The van der Waals surface area contributed by atoms with Gasteiger partial charge in [-0.2, -0.15) is 0 Å². The Morgan fingerprint density at radius 3 is 2.65 bits per heavy atom. The van der Waals surface area contributed by atoms with E-state index < -0.39 is 11.5 Å². The van der Waals surface area contributed by atoms with Crippen molar-refractivity contribution in [3.8, 4) is 0 Å². The molecule has 1 aliphatic heterocycles. The van der Waals surface area contributed by atoms with Crippen LogP contribution in [0.2, 0.25) is 0 Å². The van der Waals surface area contributed by atoms with E-state index in [2.05, 4.69) is 16.8 Å². The molecule has 0 aromatic carbocycles. The van der Waals surface area contributed by atoms with Crippen molar-refractivity contribution in [2.24, 2.45) is 5.92 Å². The molecule has 0 radical (unpaired) electrons. The van der Waals surface area contributed by atoms with Gasteiger partial charge in [-0.3, -0.25) is 9.88 Å². The van der Waals surface area contributed by atoms with Gasteiger partial charge >= 0.3 is 5.97 Å². The summed E-state index contributed by atoms with van der Waals surface area (Å²) in [6.45, 7) is 5.62. The Hall–Kier alpha value is -1.42. The molecule has 0 amide bonds. The van der Waals surface area contributed by atoms with Crippen molar-refractivity contribution in [3.63, 3.8) is 0 Å². The Balaban J connectivity index is 2.37. The van der Waals surface area contributed by atoms with Crippen molar-refractivity contribution in [1.29, 1.82) is 0 Å². The SMILES string of the molecule is CC1CCN(C(C)(C(=O)O)c2ccncc2)C1. The molecule has 1 saturated heterocycles. The van der Waals surface area contributed by atoms with Crippen LogP contribution in [0.3, 0.4) is 0 Å². The highest BCUT2D eigenvalue weighted by atomic mass is 16.4. The molecule has 4 nitrogen and oxygen atoms in total. The predicted molar refractivity (Wildman–Crippen MR) is 64.6 cm³/mol. The van der Waals surface area contributed by atoms with Crippen LogP contribution < -0.4 is 0 Å². The second-order valence-electron chi connectivity index (χ2n) is 4.95. The molecule has 0 saturated carbocycles. The van der Waals surface area contributed by atoms with Gasteiger partial charge in [0.25, 0.3) is 0 Å². The molecule has 0 aliphatic carbocycles. The summed E-state index contributed by atoms with van der Waals surface area (Å²) >= 11 is 0. The number of pyridine rings is 1. The number of carbonyl (C=O) groups is 1. The van der Waals surface area contributed by atoms with Crippen LogP contribution in [0.5, 0.6) is 0 Å². The van der Waals surface area contributed by atoms with Gasteiger partial charge in [0, 0.05) is 18.9 Å². The van der Waals surface area contributed by atoms with E-state index in [-0.39, 0.29) is 0 Å². The predicted octanol–water partition coefficient (Wildman–Crippen LogP) is 1.72. The number of nitrogens with zero attached hydrogens (tertiary/aromatic N) is 2. The normalized spacial score (nSPS) is 24.5. The van der Waals surface area contributed by atoms with E-state index in [1.54, 1.807) is 31.5 Å². The Labute approximate surface area is 101 Å². The van der Waals surface area contributed by atoms with E-state index in [1.165, 1.54) is 0 Å². The highest BCUT2D eigenvalue weighted by molar-refractivity contribution is 5.80.